The predicted octanol–water partition coefficient (Wildman–Crippen LogP) is 3.39. The monoisotopic (exact) mass is 407 g/mol. The van der Waals surface area contributed by atoms with Crippen LogP contribution in [-0.2, 0) is 4.79 Å². The summed E-state index contributed by atoms with van der Waals surface area (Å²) in [7, 11) is 0. The molecule has 2 N–H and O–H groups in total. The number of nitrogens with one attached hydrogen (secondary N) is 2. The molecule has 2 fully saturated rings. The molecule has 1 saturated carbocycles. The molecule has 1 heterocycles. The number of amides is 2. The third kappa shape index (κ3) is 6.78. The van der Waals surface area contributed by atoms with Gasteiger partial charge in [0.2, 0.25) is 5.91 Å². The van der Waals surface area contributed by atoms with Crippen LogP contribution in [0, 0.1) is 5.92 Å². The average Bonchev–Trinajstić information content (AvgIpc) is 3.00. The molecule has 2 amide bonds. The van der Waals surface area contributed by atoms with Crippen LogP contribution in [0.1, 0.15) is 61.7 Å². The van der Waals surface area contributed by atoms with Crippen molar-refractivity contribution >= 4 is 24.2 Å². The lowest BCUT2D eigenvalue weighted by Crippen LogP contribution is -2.46. The molecule has 1 aromatic carbocycles. The molecule has 1 saturated heterocycles. The van der Waals surface area contributed by atoms with E-state index >= 15 is 0 Å². The second-order valence-electron chi connectivity index (χ2n) is 7.89. The Bertz CT molecular complexity index is 603. The van der Waals surface area contributed by atoms with E-state index < -0.39 is 0 Å². The van der Waals surface area contributed by atoms with Gasteiger partial charge in [0.05, 0.1) is 5.92 Å². The fraction of sp³-hybridized carbons (Fsp3) is 0.636. The lowest BCUT2D eigenvalue weighted by molar-refractivity contribution is -0.126. The smallest absolute Gasteiger partial charge is 0.253 e. The molecule has 1 atom stereocenters. The van der Waals surface area contributed by atoms with E-state index in [1.807, 2.05) is 35.2 Å². The van der Waals surface area contributed by atoms with E-state index in [1.54, 1.807) is 0 Å². The molecule has 1 aliphatic heterocycles. The van der Waals surface area contributed by atoms with Crippen molar-refractivity contribution in [2.75, 3.05) is 26.2 Å². The summed E-state index contributed by atoms with van der Waals surface area (Å²) in [4.78, 5) is 27.0. The van der Waals surface area contributed by atoms with Crippen molar-refractivity contribution in [3.8, 4) is 0 Å². The number of piperidine rings is 1. The minimum absolute atomic E-state index is 0. The van der Waals surface area contributed by atoms with Gasteiger partial charge in [-0.25, -0.2) is 0 Å². The van der Waals surface area contributed by atoms with Gasteiger partial charge in [0.1, 0.15) is 0 Å². The minimum Gasteiger partial charge on any atom is -0.355 e. The number of nitrogens with zero attached hydrogens (tertiary/aromatic N) is 1. The standard InChI is InChI=1S/C22H33N3O2.ClH/c26-21(24-15-14-23-20-12-6-1-2-7-13-20)19-11-8-16-25(17-19)22(27)18-9-4-3-5-10-18;/h3-5,9-10,19-20,23H,1-2,6-8,11-17H2,(H,24,26);1H. The van der Waals surface area contributed by atoms with Crippen LogP contribution in [0.4, 0.5) is 0 Å². The molecule has 156 valence electrons. The van der Waals surface area contributed by atoms with E-state index in [0.29, 0.717) is 24.7 Å². The second kappa shape index (κ2) is 12.1. The molecule has 0 spiro atoms. The lowest BCUT2D eigenvalue weighted by atomic mass is 9.96. The first-order valence-corrected chi connectivity index (χ1v) is 10.6. The molecule has 1 aliphatic carbocycles. The highest BCUT2D eigenvalue weighted by molar-refractivity contribution is 5.94. The highest BCUT2D eigenvalue weighted by Gasteiger charge is 2.28. The number of carbonyl (C=O) groups is 2. The molecule has 0 aromatic heterocycles. The van der Waals surface area contributed by atoms with E-state index in [4.69, 9.17) is 0 Å². The van der Waals surface area contributed by atoms with Gasteiger partial charge < -0.3 is 15.5 Å². The maximum absolute atomic E-state index is 12.6. The summed E-state index contributed by atoms with van der Waals surface area (Å²) in [6, 6.07) is 9.95. The fourth-order valence-corrected chi connectivity index (χ4v) is 4.23. The molecule has 0 bridgehead atoms. The minimum atomic E-state index is -0.0932. The Hall–Kier alpha value is -1.59. The first kappa shape index (κ1) is 22.7. The largest absolute Gasteiger partial charge is 0.355 e. The maximum atomic E-state index is 12.6. The van der Waals surface area contributed by atoms with Gasteiger partial charge in [-0.3, -0.25) is 9.59 Å². The zero-order chi connectivity index (χ0) is 18.9. The summed E-state index contributed by atoms with van der Waals surface area (Å²) in [6.45, 7) is 2.75. The number of rotatable bonds is 6. The first-order valence-electron chi connectivity index (χ1n) is 10.6. The number of halogens is 1. The second-order valence-corrected chi connectivity index (χ2v) is 7.89. The van der Waals surface area contributed by atoms with Gasteiger partial charge >= 0.3 is 0 Å². The molecule has 3 rings (SSSR count). The van der Waals surface area contributed by atoms with Crippen molar-refractivity contribution in [1.29, 1.82) is 0 Å². The van der Waals surface area contributed by atoms with Crippen molar-refractivity contribution in [3.05, 3.63) is 35.9 Å². The Morgan fingerprint density at radius 1 is 0.929 bits per heavy atom. The van der Waals surface area contributed by atoms with Crippen molar-refractivity contribution in [2.45, 2.75) is 57.4 Å². The number of carbonyl (C=O) groups excluding carboxylic acids is 2. The Balaban J connectivity index is 0.00000280. The SMILES string of the molecule is Cl.O=C(NCCNC1CCCCCC1)C1CCCN(C(=O)c2ccccc2)C1. The van der Waals surface area contributed by atoms with Crippen LogP contribution in [-0.4, -0.2) is 48.9 Å². The van der Waals surface area contributed by atoms with Crippen LogP contribution in [0.25, 0.3) is 0 Å². The fourth-order valence-electron chi connectivity index (χ4n) is 4.23. The topological polar surface area (TPSA) is 61.4 Å². The Morgan fingerprint density at radius 3 is 2.36 bits per heavy atom. The summed E-state index contributed by atoms with van der Waals surface area (Å²) in [5.41, 5.74) is 0.700. The van der Waals surface area contributed by atoms with Gasteiger partial charge in [-0.1, -0.05) is 43.9 Å². The van der Waals surface area contributed by atoms with Gasteiger partial charge in [-0.2, -0.15) is 0 Å². The van der Waals surface area contributed by atoms with Crippen LogP contribution in [0.15, 0.2) is 30.3 Å². The molecule has 1 unspecified atom stereocenters. The predicted molar refractivity (Wildman–Crippen MR) is 115 cm³/mol. The van der Waals surface area contributed by atoms with Crippen molar-refractivity contribution in [3.63, 3.8) is 0 Å². The molecule has 5 nitrogen and oxygen atoms in total. The molecule has 2 aliphatic rings. The third-order valence-electron chi connectivity index (χ3n) is 5.81. The van der Waals surface area contributed by atoms with Crippen LogP contribution in [0.3, 0.4) is 0 Å². The average molecular weight is 408 g/mol. The summed E-state index contributed by atoms with van der Waals surface area (Å²) >= 11 is 0. The number of benzene rings is 1. The quantitative estimate of drug-likeness (QED) is 0.561. The van der Waals surface area contributed by atoms with E-state index in [-0.39, 0.29) is 30.1 Å². The Kier molecular flexibility index (Phi) is 9.79. The van der Waals surface area contributed by atoms with Gasteiger partial charge in [0, 0.05) is 37.8 Å². The molecule has 6 heteroatoms. The van der Waals surface area contributed by atoms with Gasteiger partial charge in [-0.05, 0) is 37.8 Å². The van der Waals surface area contributed by atoms with Gasteiger partial charge in [0.25, 0.3) is 5.91 Å². The van der Waals surface area contributed by atoms with Crippen molar-refractivity contribution < 1.29 is 9.59 Å². The van der Waals surface area contributed by atoms with Crippen LogP contribution < -0.4 is 10.6 Å². The molecule has 0 radical (unpaired) electrons. The zero-order valence-corrected chi connectivity index (χ0v) is 17.5. The van der Waals surface area contributed by atoms with Crippen LogP contribution in [0.2, 0.25) is 0 Å². The Morgan fingerprint density at radius 2 is 1.64 bits per heavy atom. The highest BCUT2D eigenvalue weighted by atomic mass is 35.5. The molecular formula is C22H34ClN3O2. The first-order chi connectivity index (χ1) is 13.2. The number of hydrogen-bond donors (Lipinski definition) is 2. The third-order valence-corrected chi connectivity index (χ3v) is 5.81. The molecule has 28 heavy (non-hydrogen) atoms. The molecule has 1 aromatic rings. The zero-order valence-electron chi connectivity index (χ0n) is 16.7. The van der Waals surface area contributed by atoms with E-state index in [1.165, 1.54) is 38.5 Å². The lowest BCUT2D eigenvalue weighted by Gasteiger charge is -2.32. The van der Waals surface area contributed by atoms with Crippen molar-refractivity contribution in [2.24, 2.45) is 5.92 Å². The van der Waals surface area contributed by atoms with Gasteiger partial charge in [-0.15, -0.1) is 12.4 Å². The van der Waals surface area contributed by atoms with Crippen molar-refractivity contribution in [1.82, 2.24) is 15.5 Å². The Labute approximate surface area is 175 Å². The highest BCUT2D eigenvalue weighted by Crippen LogP contribution is 2.19. The van der Waals surface area contributed by atoms with Crippen LogP contribution in [0.5, 0.6) is 0 Å². The maximum Gasteiger partial charge on any atom is 0.253 e. The van der Waals surface area contributed by atoms with Crippen LogP contribution >= 0.6 is 12.4 Å². The number of likely N-dealkylation sites (tertiary alicyclic amines) is 1. The summed E-state index contributed by atoms with van der Waals surface area (Å²) in [5.74, 6) is 0.0238. The summed E-state index contributed by atoms with van der Waals surface area (Å²) in [6.07, 6.45) is 9.61. The molecular weight excluding hydrogens is 374 g/mol. The summed E-state index contributed by atoms with van der Waals surface area (Å²) < 4.78 is 0. The van der Waals surface area contributed by atoms with E-state index in [0.717, 1.165) is 25.9 Å². The number of hydrogen-bond acceptors (Lipinski definition) is 3. The van der Waals surface area contributed by atoms with E-state index in [2.05, 4.69) is 10.6 Å². The van der Waals surface area contributed by atoms with E-state index in [9.17, 15) is 9.59 Å². The van der Waals surface area contributed by atoms with Gasteiger partial charge in [0.15, 0.2) is 0 Å². The normalized spacial score (nSPS) is 20.7. The summed E-state index contributed by atoms with van der Waals surface area (Å²) in [5, 5.41) is 6.66.